The minimum absolute atomic E-state index is 0.139. The fourth-order valence-corrected chi connectivity index (χ4v) is 1.99. The Balaban J connectivity index is 2.66. The summed E-state index contributed by atoms with van der Waals surface area (Å²) in [5, 5.41) is 0. The molecular weight excluding hydrogens is 202 g/mol. The number of hydrogen-bond acceptors (Lipinski definition) is 2. The predicted octanol–water partition coefficient (Wildman–Crippen LogP) is 2.66. The summed E-state index contributed by atoms with van der Waals surface area (Å²) in [6.07, 6.45) is 6.71. The van der Waals surface area contributed by atoms with Crippen LogP contribution in [0, 0.1) is 18.3 Å². The lowest BCUT2D eigenvalue weighted by atomic mass is 10.0. The van der Waals surface area contributed by atoms with Gasteiger partial charge in [-0.2, -0.15) is 0 Å². The monoisotopic (exact) mass is 223 g/mol. The molecule has 0 aromatic heterocycles. The highest BCUT2D eigenvalue weighted by atomic mass is 16.6. The molecule has 0 saturated carbocycles. The van der Waals surface area contributed by atoms with E-state index < -0.39 is 5.60 Å². The second kappa shape index (κ2) is 4.78. The Bertz CT molecular complexity index is 298. The second-order valence-corrected chi connectivity index (χ2v) is 5.42. The molecule has 1 heterocycles. The first-order valence-electron chi connectivity index (χ1n) is 5.78. The van der Waals surface area contributed by atoms with Crippen LogP contribution in [0.1, 0.15) is 40.5 Å². The van der Waals surface area contributed by atoms with Crippen LogP contribution in [0.5, 0.6) is 0 Å². The summed E-state index contributed by atoms with van der Waals surface area (Å²) in [6, 6.07) is 0.139. The van der Waals surface area contributed by atoms with Gasteiger partial charge >= 0.3 is 6.09 Å². The van der Waals surface area contributed by atoms with Gasteiger partial charge in [0.2, 0.25) is 0 Å². The first kappa shape index (κ1) is 12.9. The quantitative estimate of drug-likeness (QED) is 0.640. The topological polar surface area (TPSA) is 29.5 Å². The Hall–Kier alpha value is -1.17. The number of terminal acetylenes is 1. The van der Waals surface area contributed by atoms with Gasteiger partial charge in [-0.05, 0) is 33.1 Å². The summed E-state index contributed by atoms with van der Waals surface area (Å²) >= 11 is 0. The van der Waals surface area contributed by atoms with Crippen molar-refractivity contribution in [3.63, 3.8) is 0 Å². The number of rotatable bonds is 1. The molecule has 0 aliphatic carbocycles. The molecule has 1 amide bonds. The van der Waals surface area contributed by atoms with Crippen molar-refractivity contribution in [3.05, 3.63) is 0 Å². The third kappa shape index (κ3) is 3.16. The van der Waals surface area contributed by atoms with E-state index in [1.165, 1.54) is 0 Å². The number of hydrogen-bond donors (Lipinski definition) is 0. The summed E-state index contributed by atoms with van der Waals surface area (Å²) in [5.74, 6) is 3.10. The standard InChI is InChI=1S/C13H21NO2/c1-6-7-11-10(2)8-9-14(11)12(15)16-13(3,4)5/h1,10-11H,7-9H2,2-5H3/t10-,11-/m1/s1. The summed E-state index contributed by atoms with van der Waals surface area (Å²) in [5.41, 5.74) is -0.441. The highest BCUT2D eigenvalue weighted by Crippen LogP contribution is 2.27. The highest BCUT2D eigenvalue weighted by Gasteiger charge is 2.36. The smallest absolute Gasteiger partial charge is 0.410 e. The van der Waals surface area contributed by atoms with Crippen LogP contribution in [0.4, 0.5) is 4.79 Å². The molecule has 2 atom stereocenters. The Morgan fingerprint density at radius 2 is 2.19 bits per heavy atom. The Morgan fingerprint density at radius 3 is 2.69 bits per heavy atom. The molecule has 1 saturated heterocycles. The van der Waals surface area contributed by atoms with Crippen molar-refractivity contribution >= 4 is 6.09 Å². The SMILES string of the molecule is C#CC[C@@H]1[C@H](C)CCN1C(=O)OC(C)(C)C. The van der Waals surface area contributed by atoms with Gasteiger partial charge < -0.3 is 9.64 Å². The molecule has 1 aliphatic heterocycles. The fourth-order valence-electron chi connectivity index (χ4n) is 1.99. The molecule has 0 aromatic rings. The van der Waals surface area contributed by atoms with Crippen LogP contribution in [0.3, 0.4) is 0 Å². The van der Waals surface area contributed by atoms with Gasteiger partial charge in [-0.1, -0.05) is 6.92 Å². The molecule has 1 aliphatic rings. The zero-order valence-electron chi connectivity index (χ0n) is 10.6. The van der Waals surface area contributed by atoms with Gasteiger partial charge in [-0.25, -0.2) is 4.79 Å². The molecule has 0 bridgehead atoms. The number of nitrogens with zero attached hydrogens (tertiary/aromatic N) is 1. The minimum atomic E-state index is -0.441. The second-order valence-electron chi connectivity index (χ2n) is 5.42. The van der Waals surface area contributed by atoms with Crippen LogP contribution < -0.4 is 0 Å². The van der Waals surface area contributed by atoms with Crippen LogP contribution >= 0.6 is 0 Å². The largest absolute Gasteiger partial charge is 0.444 e. The Labute approximate surface area is 98.1 Å². The fraction of sp³-hybridized carbons (Fsp3) is 0.769. The molecule has 16 heavy (non-hydrogen) atoms. The molecule has 3 nitrogen and oxygen atoms in total. The summed E-state index contributed by atoms with van der Waals surface area (Å²) < 4.78 is 5.36. The van der Waals surface area contributed by atoms with Crippen LogP contribution in [0.2, 0.25) is 0 Å². The third-order valence-electron chi connectivity index (χ3n) is 2.84. The Kier molecular flexibility index (Phi) is 3.85. The van der Waals surface area contributed by atoms with Gasteiger partial charge in [0.25, 0.3) is 0 Å². The van der Waals surface area contributed by atoms with Gasteiger partial charge in [0, 0.05) is 19.0 Å². The molecule has 0 aromatic carbocycles. The maximum Gasteiger partial charge on any atom is 0.410 e. The lowest BCUT2D eigenvalue weighted by Gasteiger charge is -2.29. The van der Waals surface area contributed by atoms with E-state index >= 15 is 0 Å². The van der Waals surface area contributed by atoms with Gasteiger partial charge in [0.05, 0.1) is 0 Å². The minimum Gasteiger partial charge on any atom is -0.444 e. The number of carbonyl (C=O) groups is 1. The molecule has 3 heteroatoms. The summed E-state index contributed by atoms with van der Waals surface area (Å²) in [6.45, 7) is 8.51. The van der Waals surface area contributed by atoms with E-state index in [2.05, 4.69) is 12.8 Å². The first-order chi connectivity index (χ1) is 7.35. The lowest BCUT2D eigenvalue weighted by molar-refractivity contribution is 0.0215. The predicted molar refractivity (Wildman–Crippen MR) is 64.0 cm³/mol. The average molecular weight is 223 g/mol. The summed E-state index contributed by atoms with van der Waals surface area (Å²) in [7, 11) is 0. The zero-order valence-corrected chi connectivity index (χ0v) is 10.6. The average Bonchev–Trinajstić information content (AvgIpc) is 2.46. The van der Waals surface area contributed by atoms with Crippen LogP contribution in [0.15, 0.2) is 0 Å². The van der Waals surface area contributed by atoms with E-state index in [1.807, 2.05) is 20.8 Å². The molecule has 90 valence electrons. The van der Waals surface area contributed by atoms with Crippen molar-refractivity contribution in [1.82, 2.24) is 4.90 Å². The molecule has 1 rings (SSSR count). The molecular formula is C13H21NO2. The van der Waals surface area contributed by atoms with Crippen molar-refractivity contribution in [2.75, 3.05) is 6.54 Å². The van der Waals surface area contributed by atoms with Crippen molar-refractivity contribution in [2.45, 2.75) is 52.2 Å². The van der Waals surface area contributed by atoms with Crippen molar-refractivity contribution < 1.29 is 9.53 Å². The van der Waals surface area contributed by atoms with Crippen molar-refractivity contribution in [2.24, 2.45) is 5.92 Å². The van der Waals surface area contributed by atoms with Crippen LogP contribution in [0.25, 0.3) is 0 Å². The first-order valence-corrected chi connectivity index (χ1v) is 5.78. The van der Waals surface area contributed by atoms with Crippen molar-refractivity contribution in [3.8, 4) is 12.3 Å². The van der Waals surface area contributed by atoms with Crippen LogP contribution in [-0.4, -0.2) is 29.2 Å². The van der Waals surface area contributed by atoms with Gasteiger partial charge in [0.15, 0.2) is 0 Å². The van der Waals surface area contributed by atoms with Gasteiger partial charge in [-0.15, -0.1) is 12.3 Å². The number of likely N-dealkylation sites (tertiary alicyclic amines) is 1. The number of carbonyl (C=O) groups excluding carboxylic acids is 1. The molecule has 0 unspecified atom stereocenters. The maximum atomic E-state index is 11.9. The molecule has 1 fully saturated rings. The van der Waals surface area contributed by atoms with E-state index in [1.54, 1.807) is 4.90 Å². The summed E-state index contributed by atoms with van der Waals surface area (Å²) in [4.78, 5) is 13.7. The van der Waals surface area contributed by atoms with Crippen molar-refractivity contribution in [1.29, 1.82) is 0 Å². The van der Waals surface area contributed by atoms with E-state index in [-0.39, 0.29) is 12.1 Å². The zero-order chi connectivity index (χ0) is 12.3. The van der Waals surface area contributed by atoms with Gasteiger partial charge in [0.1, 0.15) is 5.60 Å². The van der Waals surface area contributed by atoms with E-state index in [0.29, 0.717) is 12.3 Å². The maximum absolute atomic E-state index is 11.9. The van der Waals surface area contributed by atoms with E-state index in [0.717, 1.165) is 13.0 Å². The molecule has 0 radical (unpaired) electrons. The number of amides is 1. The number of ether oxygens (including phenoxy) is 1. The van der Waals surface area contributed by atoms with Gasteiger partial charge in [-0.3, -0.25) is 0 Å². The van der Waals surface area contributed by atoms with E-state index in [9.17, 15) is 4.79 Å². The third-order valence-corrected chi connectivity index (χ3v) is 2.84. The Morgan fingerprint density at radius 1 is 1.56 bits per heavy atom. The lowest BCUT2D eigenvalue weighted by Crippen LogP contribution is -2.40. The highest BCUT2D eigenvalue weighted by molar-refractivity contribution is 5.69. The van der Waals surface area contributed by atoms with E-state index in [4.69, 9.17) is 11.2 Å². The normalized spacial score (nSPS) is 25.3. The molecule has 0 N–H and O–H groups in total. The molecule has 0 spiro atoms. The van der Waals surface area contributed by atoms with Crippen LogP contribution in [-0.2, 0) is 4.74 Å².